The number of carbonyl (C=O) groups is 3. The first-order valence-electron chi connectivity index (χ1n) is 11.8. The largest absolute Gasteiger partial charge is 0.481 e. The van der Waals surface area contributed by atoms with E-state index in [4.69, 9.17) is 10.6 Å². The number of Topliss-reactive ketones (excluding diaryl/α,β-unsaturated/α-hetero) is 1. The van der Waals surface area contributed by atoms with Crippen LogP contribution in [0.2, 0.25) is 0 Å². The van der Waals surface area contributed by atoms with E-state index in [0.717, 1.165) is 16.7 Å². The molecular weight excluding hydrogens is 520 g/mol. The number of anilines is 1. The molecule has 0 saturated carbocycles. The first-order chi connectivity index (χ1) is 18.5. The molecule has 1 aromatic heterocycles. The van der Waals surface area contributed by atoms with Gasteiger partial charge in [0.25, 0.3) is 5.56 Å². The molecule has 2 aromatic rings. The Bertz CT molecular complexity index is 1290. The number of aliphatic carboxylic acids is 1. The van der Waals surface area contributed by atoms with Gasteiger partial charge in [-0.05, 0) is 25.5 Å². The minimum atomic E-state index is -1.49. The van der Waals surface area contributed by atoms with Crippen LogP contribution < -0.4 is 21.5 Å². The molecule has 15 heteroatoms. The fraction of sp³-hybridized carbons (Fsp3) is 0.375. The van der Waals surface area contributed by atoms with Crippen LogP contribution in [0.1, 0.15) is 38.3 Å². The number of hydrogen-bond donors (Lipinski definition) is 6. The standard InChI is InChI=1S/C24H29F2N7O6/c1-3-19(33-8-7-29-22(24(33)38)30-11-17(27)13(2)32-39)23(37)31-18(9-21(35)36)20(34)12-28-10-14-15(25)5-4-6-16(14)26/h4-8,18-19,27-28,39H,3,9-12H2,1-2H3,(H,29,30)(H,31,37)(H,35,36)/b27-17?,32-13-. The number of benzene rings is 1. The zero-order chi connectivity index (χ0) is 29.1. The van der Waals surface area contributed by atoms with Gasteiger partial charge >= 0.3 is 5.97 Å². The van der Waals surface area contributed by atoms with E-state index < -0.39 is 59.9 Å². The predicted octanol–water partition coefficient (Wildman–Crippen LogP) is 1.07. The number of rotatable bonds is 15. The molecule has 2 unspecified atom stereocenters. The maximum absolute atomic E-state index is 13.8. The highest BCUT2D eigenvalue weighted by Crippen LogP contribution is 2.13. The Kier molecular flexibility index (Phi) is 11.3. The number of halogens is 2. The molecule has 39 heavy (non-hydrogen) atoms. The van der Waals surface area contributed by atoms with Crippen molar-refractivity contribution in [1.82, 2.24) is 20.2 Å². The van der Waals surface area contributed by atoms with Gasteiger partial charge in [-0.2, -0.15) is 0 Å². The number of carboxylic acids is 1. The summed E-state index contributed by atoms with van der Waals surface area (Å²) in [6, 6.07) is 0.657. The van der Waals surface area contributed by atoms with Crippen LogP contribution in [0.4, 0.5) is 14.6 Å². The minimum absolute atomic E-state index is 0.0206. The van der Waals surface area contributed by atoms with Gasteiger partial charge in [-0.1, -0.05) is 18.1 Å². The minimum Gasteiger partial charge on any atom is -0.481 e. The van der Waals surface area contributed by atoms with Gasteiger partial charge in [0.1, 0.15) is 17.7 Å². The zero-order valence-corrected chi connectivity index (χ0v) is 21.2. The monoisotopic (exact) mass is 549 g/mol. The van der Waals surface area contributed by atoms with Gasteiger partial charge < -0.3 is 31.7 Å². The molecule has 6 N–H and O–H groups in total. The summed E-state index contributed by atoms with van der Waals surface area (Å²) in [5.74, 6) is -4.77. The van der Waals surface area contributed by atoms with Crippen molar-refractivity contribution in [3.8, 4) is 0 Å². The van der Waals surface area contributed by atoms with Gasteiger partial charge in [-0.25, -0.2) is 13.8 Å². The van der Waals surface area contributed by atoms with Crippen molar-refractivity contribution in [3.05, 3.63) is 58.1 Å². The Labute approximate surface area is 221 Å². The summed E-state index contributed by atoms with van der Waals surface area (Å²) < 4.78 is 28.7. The predicted molar refractivity (Wildman–Crippen MR) is 136 cm³/mol. The first kappa shape index (κ1) is 30.7. The lowest BCUT2D eigenvalue weighted by molar-refractivity contribution is -0.140. The number of amides is 1. The van der Waals surface area contributed by atoms with E-state index >= 15 is 0 Å². The number of carbonyl (C=O) groups excluding carboxylic acids is 2. The summed E-state index contributed by atoms with van der Waals surface area (Å²) in [6.45, 7) is 1.96. The molecule has 1 amide bonds. The second-order valence-corrected chi connectivity index (χ2v) is 8.36. The summed E-state index contributed by atoms with van der Waals surface area (Å²) in [5.41, 5.74) is -1.11. The first-order valence-corrected chi connectivity index (χ1v) is 11.8. The molecule has 0 fully saturated rings. The van der Waals surface area contributed by atoms with Gasteiger partial charge in [0.05, 0.1) is 37.0 Å². The van der Waals surface area contributed by atoms with Gasteiger partial charge in [-0.3, -0.25) is 23.7 Å². The molecule has 0 aliphatic heterocycles. The van der Waals surface area contributed by atoms with E-state index in [2.05, 4.69) is 26.1 Å². The van der Waals surface area contributed by atoms with Crippen molar-refractivity contribution in [2.24, 2.45) is 5.16 Å². The lowest BCUT2D eigenvalue weighted by Crippen LogP contribution is -2.48. The average Bonchev–Trinajstić information content (AvgIpc) is 2.89. The van der Waals surface area contributed by atoms with Crippen molar-refractivity contribution in [2.45, 2.75) is 45.3 Å². The van der Waals surface area contributed by atoms with Crippen LogP contribution in [0.15, 0.2) is 40.5 Å². The molecule has 1 aromatic carbocycles. The Morgan fingerprint density at radius 1 is 1.21 bits per heavy atom. The van der Waals surface area contributed by atoms with E-state index in [1.54, 1.807) is 6.92 Å². The van der Waals surface area contributed by atoms with E-state index in [0.29, 0.717) is 0 Å². The van der Waals surface area contributed by atoms with E-state index in [1.165, 1.54) is 25.4 Å². The number of oxime groups is 1. The topological polar surface area (TPSA) is 199 Å². The Hall–Kier alpha value is -4.53. The highest BCUT2D eigenvalue weighted by Gasteiger charge is 2.28. The van der Waals surface area contributed by atoms with Crippen LogP contribution in [-0.2, 0) is 20.9 Å². The van der Waals surface area contributed by atoms with E-state index in [9.17, 15) is 33.1 Å². The molecular formula is C24H29F2N7O6. The SMILES string of the molecule is CCC(C(=O)NC(CC(=O)O)C(=O)CNCc1c(F)cccc1F)n1ccnc(NCC(=N)/C(C)=N\O)c1=O. The van der Waals surface area contributed by atoms with Crippen molar-refractivity contribution >= 4 is 34.9 Å². The third-order valence-corrected chi connectivity index (χ3v) is 5.66. The smallest absolute Gasteiger partial charge is 0.305 e. The summed E-state index contributed by atoms with van der Waals surface area (Å²) in [5, 5.41) is 36.2. The lowest BCUT2D eigenvalue weighted by atomic mass is 10.1. The zero-order valence-electron chi connectivity index (χ0n) is 21.2. The second-order valence-electron chi connectivity index (χ2n) is 8.36. The third kappa shape index (κ3) is 8.49. The molecule has 0 spiro atoms. The molecule has 13 nitrogen and oxygen atoms in total. The van der Waals surface area contributed by atoms with Crippen LogP contribution in [-0.4, -0.2) is 68.1 Å². The van der Waals surface area contributed by atoms with Crippen molar-refractivity contribution in [1.29, 1.82) is 5.41 Å². The molecule has 0 bridgehead atoms. The number of nitrogens with one attached hydrogen (secondary N) is 4. The number of nitrogens with zero attached hydrogens (tertiary/aromatic N) is 3. The van der Waals surface area contributed by atoms with Gasteiger partial charge in [0.15, 0.2) is 11.6 Å². The second kappa shape index (κ2) is 14.4. The Balaban J connectivity index is 2.14. The summed E-state index contributed by atoms with van der Waals surface area (Å²) in [7, 11) is 0. The maximum Gasteiger partial charge on any atom is 0.305 e. The van der Waals surface area contributed by atoms with Gasteiger partial charge in [-0.15, -0.1) is 0 Å². The third-order valence-electron chi connectivity index (χ3n) is 5.66. The lowest BCUT2D eigenvalue weighted by Gasteiger charge is -2.22. The number of ketones is 1. The molecule has 2 atom stereocenters. The fourth-order valence-electron chi connectivity index (χ4n) is 3.48. The molecule has 0 aliphatic rings. The normalized spacial score (nSPS) is 12.9. The maximum atomic E-state index is 13.8. The van der Waals surface area contributed by atoms with Crippen LogP contribution in [0, 0.1) is 17.0 Å². The van der Waals surface area contributed by atoms with Crippen LogP contribution in [0.25, 0.3) is 0 Å². The number of aromatic nitrogens is 2. The van der Waals surface area contributed by atoms with Crippen LogP contribution >= 0.6 is 0 Å². The fourth-order valence-corrected chi connectivity index (χ4v) is 3.48. The summed E-state index contributed by atoms with van der Waals surface area (Å²) in [4.78, 5) is 53.9. The number of carboxylic acid groups (broad SMARTS) is 1. The molecule has 0 aliphatic carbocycles. The quantitative estimate of drug-likeness (QED) is 0.107. The molecule has 1 heterocycles. The van der Waals surface area contributed by atoms with Crippen molar-refractivity contribution in [2.75, 3.05) is 18.4 Å². The van der Waals surface area contributed by atoms with Crippen LogP contribution in [0.3, 0.4) is 0 Å². The Morgan fingerprint density at radius 2 is 1.87 bits per heavy atom. The highest BCUT2D eigenvalue weighted by atomic mass is 19.1. The van der Waals surface area contributed by atoms with E-state index in [-0.39, 0.29) is 42.3 Å². The average molecular weight is 550 g/mol. The molecule has 210 valence electrons. The molecule has 0 radical (unpaired) electrons. The molecule has 2 rings (SSSR count). The van der Waals surface area contributed by atoms with Crippen molar-refractivity contribution < 1.29 is 33.5 Å². The Morgan fingerprint density at radius 3 is 2.46 bits per heavy atom. The van der Waals surface area contributed by atoms with Gasteiger partial charge in [0, 0.05) is 24.5 Å². The van der Waals surface area contributed by atoms with Crippen LogP contribution in [0.5, 0.6) is 0 Å². The van der Waals surface area contributed by atoms with E-state index in [1.807, 2.05) is 0 Å². The van der Waals surface area contributed by atoms with Crippen molar-refractivity contribution in [3.63, 3.8) is 0 Å². The molecule has 0 saturated heterocycles. The van der Waals surface area contributed by atoms with Gasteiger partial charge in [0.2, 0.25) is 5.91 Å². The highest BCUT2D eigenvalue weighted by molar-refractivity contribution is 6.41. The summed E-state index contributed by atoms with van der Waals surface area (Å²) >= 11 is 0. The summed E-state index contributed by atoms with van der Waals surface area (Å²) in [6.07, 6.45) is 1.80. The number of hydrogen-bond acceptors (Lipinski definition) is 10.